The molecule has 1 unspecified atom stereocenters. The van der Waals surface area contributed by atoms with E-state index in [4.69, 9.17) is 11.6 Å². The van der Waals surface area contributed by atoms with Crippen molar-refractivity contribution in [3.8, 4) is 5.75 Å². The van der Waals surface area contributed by atoms with Gasteiger partial charge in [-0.05, 0) is 31.5 Å². The summed E-state index contributed by atoms with van der Waals surface area (Å²) in [6.07, 6.45) is 2.22. The van der Waals surface area contributed by atoms with Gasteiger partial charge in [-0.2, -0.15) is 0 Å². The van der Waals surface area contributed by atoms with Crippen LogP contribution in [-0.2, 0) is 0 Å². The van der Waals surface area contributed by atoms with Gasteiger partial charge in [0.2, 0.25) is 0 Å². The van der Waals surface area contributed by atoms with Crippen LogP contribution in [-0.4, -0.2) is 11.7 Å². The molecule has 0 aromatic heterocycles. The molecule has 2 nitrogen and oxygen atoms in total. The summed E-state index contributed by atoms with van der Waals surface area (Å²) in [6, 6.07) is 3.65. The number of aromatic hydroxyl groups is 1. The maximum atomic E-state index is 9.78. The van der Waals surface area contributed by atoms with Crippen LogP contribution < -0.4 is 5.32 Å². The number of nitrogens with one attached hydrogen (secondary N) is 1. The van der Waals surface area contributed by atoms with Gasteiger partial charge < -0.3 is 10.4 Å². The Bertz CT molecular complexity index is 327. The minimum Gasteiger partial charge on any atom is -0.508 e. The second-order valence-corrected chi connectivity index (χ2v) is 4.76. The Morgan fingerprint density at radius 3 is 2.86 bits per heavy atom. The highest BCUT2D eigenvalue weighted by molar-refractivity contribution is 9.10. The molecular formula is C10H11BrClNO. The van der Waals surface area contributed by atoms with Crippen LogP contribution >= 0.6 is 27.5 Å². The molecule has 14 heavy (non-hydrogen) atoms. The largest absolute Gasteiger partial charge is 0.508 e. The smallest absolute Gasteiger partial charge is 0.122 e. The first-order valence-electron chi connectivity index (χ1n) is 4.60. The molecule has 1 aliphatic heterocycles. The summed E-state index contributed by atoms with van der Waals surface area (Å²) >= 11 is 9.24. The van der Waals surface area contributed by atoms with Gasteiger partial charge in [-0.15, -0.1) is 0 Å². The van der Waals surface area contributed by atoms with E-state index in [-0.39, 0.29) is 11.8 Å². The molecular weight excluding hydrogens is 265 g/mol. The summed E-state index contributed by atoms with van der Waals surface area (Å²) in [6.45, 7) is 1.01. The van der Waals surface area contributed by atoms with Crippen LogP contribution in [0.2, 0.25) is 5.02 Å². The molecule has 2 N–H and O–H groups in total. The lowest BCUT2D eigenvalue weighted by molar-refractivity contribution is 0.456. The number of rotatable bonds is 1. The molecule has 4 heteroatoms. The Kier molecular flexibility index (Phi) is 3.00. The molecule has 1 fully saturated rings. The first kappa shape index (κ1) is 10.3. The fourth-order valence-corrected chi connectivity index (χ4v) is 2.92. The molecule has 1 heterocycles. The molecule has 0 saturated carbocycles. The maximum Gasteiger partial charge on any atom is 0.122 e. The van der Waals surface area contributed by atoms with E-state index >= 15 is 0 Å². The van der Waals surface area contributed by atoms with Crippen molar-refractivity contribution >= 4 is 27.5 Å². The quantitative estimate of drug-likeness (QED) is 0.825. The first-order chi connectivity index (χ1) is 6.68. The lowest BCUT2D eigenvalue weighted by atomic mass is 10.0. The number of hydrogen-bond acceptors (Lipinski definition) is 2. The Morgan fingerprint density at radius 2 is 2.29 bits per heavy atom. The molecule has 0 spiro atoms. The fourth-order valence-electron chi connectivity index (χ4n) is 1.85. The maximum absolute atomic E-state index is 9.78. The highest BCUT2D eigenvalue weighted by atomic mass is 79.9. The van der Waals surface area contributed by atoms with Gasteiger partial charge in [-0.25, -0.2) is 0 Å². The molecule has 0 bridgehead atoms. The van der Waals surface area contributed by atoms with Crippen molar-refractivity contribution in [1.82, 2.24) is 5.32 Å². The van der Waals surface area contributed by atoms with Crippen molar-refractivity contribution in [3.05, 3.63) is 27.2 Å². The normalized spacial score (nSPS) is 21.4. The van der Waals surface area contributed by atoms with E-state index in [0.717, 1.165) is 29.4 Å². The van der Waals surface area contributed by atoms with E-state index in [1.807, 2.05) is 6.07 Å². The summed E-state index contributed by atoms with van der Waals surface area (Å²) in [7, 11) is 0. The SMILES string of the molecule is Oc1cc(Cl)cc(Br)c1C1CCCN1. The average Bonchev–Trinajstić information content (AvgIpc) is 2.54. The standard InChI is InChI=1S/C10H11BrClNO/c11-7-4-6(12)5-9(14)10(7)8-2-1-3-13-8/h4-5,8,13-14H,1-3H2. The molecule has 1 aromatic rings. The lowest BCUT2D eigenvalue weighted by Gasteiger charge is -2.14. The van der Waals surface area contributed by atoms with Crippen LogP contribution in [0.25, 0.3) is 0 Å². The zero-order valence-electron chi connectivity index (χ0n) is 7.56. The van der Waals surface area contributed by atoms with E-state index < -0.39 is 0 Å². The van der Waals surface area contributed by atoms with Gasteiger partial charge in [-0.1, -0.05) is 27.5 Å². The van der Waals surface area contributed by atoms with Gasteiger partial charge in [0.25, 0.3) is 0 Å². The first-order valence-corrected chi connectivity index (χ1v) is 5.77. The third-order valence-electron chi connectivity index (χ3n) is 2.48. The average molecular weight is 277 g/mol. The van der Waals surface area contributed by atoms with Crippen LogP contribution in [0.5, 0.6) is 5.75 Å². The van der Waals surface area contributed by atoms with Crippen LogP contribution in [0.1, 0.15) is 24.4 Å². The van der Waals surface area contributed by atoms with Crippen molar-refractivity contribution in [1.29, 1.82) is 0 Å². The fraction of sp³-hybridized carbons (Fsp3) is 0.400. The minimum atomic E-state index is 0.252. The summed E-state index contributed by atoms with van der Waals surface area (Å²) in [5.74, 6) is 0.267. The third kappa shape index (κ3) is 1.90. The van der Waals surface area contributed by atoms with E-state index in [9.17, 15) is 5.11 Å². The molecule has 0 radical (unpaired) electrons. The van der Waals surface area contributed by atoms with Crippen LogP contribution in [0.4, 0.5) is 0 Å². The third-order valence-corrected chi connectivity index (χ3v) is 3.36. The Morgan fingerprint density at radius 1 is 1.50 bits per heavy atom. The van der Waals surface area contributed by atoms with Gasteiger partial charge >= 0.3 is 0 Å². The highest BCUT2D eigenvalue weighted by Crippen LogP contribution is 2.37. The summed E-state index contributed by atoms with van der Waals surface area (Å²) in [4.78, 5) is 0. The van der Waals surface area contributed by atoms with Crippen LogP contribution in [0, 0.1) is 0 Å². The van der Waals surface area contributed by atoms with Gasteiger partial charge in [0.05, 0.1) is 0 Å². The van der Waals surface area contributed by atoms with Crippen LogP contribution in [0.3, 0.4) is 0 Å². The zero-order valence-corrected chi connectivity index (χ0v) is 9.90. The number of benzene rings is 1. The highest BCUT2D eigenvalue weighted by Gasteiger charge is 2.22. The minimum absolute atomic E-state index is 0.252. The molecule has 2 rings (SSSR count). The predicted octanol–water partition coefficient (Wildman–Crippen LogP) is 3.23. The van der Waals surface area contributed by atoms with Gasteiger partial charge in [0.15, 0.2) is 0 Å². The van der Waals surface area contributed by atoms with Crippen molar-refractivity contribution in [2.24, 2.45) is 0 Å². The number of halogens is 2. The van der Waals surface area contributed by atoms with E-state index in [0.29, 0.717) is 5.02 Å². The summed E-state index contributed by atoms with van der Waals surface area (Å²) in [5.41, 5.74) is 0.923. The van der Waals surface area contributed by atoms with Crippen molar-refractivity contribution in [3.63, 3.8) is 0 Å². The molecule has 1 aromatic carbocycles. The molecule has 76 valence electrons. The second-order valence-electron chi connectivity index (χ2n) is 3.47. The topological polar surface area (TPSA) is 32.3 Å². The zero-order chi connectivity index (χ0) is 10.1. The van der Waals surface area contributed by atoms with E-state index in [2.05, 4.69) is 21.2 Å². The van der Waals surface area contributed by atoms with Gasteiger partial charge in [-0.3, -0.25) is 0 Å². The summed E-state index contributed by atoms with van der Waals surface area (Å²) < 4.78 is 0.877. The molecule has 1 aliphatic rings. The second kappa shape index (κ2) is 4.09. The number of phenols is 1. The Balaban J connectivity index is 2.40. The summed E-state index contributed by atoms with van der Waals surface area (Å²) in [5, 5.41) is 13.7. The lowest BCUT2D eigenvalue weighted by Crippen LogP contribution is -2.13. The van der Waals surface area contributed by atoms with Gasteiger partial charge in [0.1, 0.15) is 5.75 Å². The molecule has 1 saturated heterocycles. The van der Waals surface area contributed by atoms with E-state index in [1.54, 1.807) is 6.07 Å². The van der Waals surface area contributed by atoms with Crippen molar-refractivity contribution < 1.29 is 5.11 Å². The Labute approximate surface area is 96.4 Å². The number of hydrogen-bond donors (Lipinski definition) is 2. The van der Waals surface area contributed by atoms with Crippen molar-refractivity contribution in [2.45, 2.75) is 18.9 Å². The molecule has 1 atom stereocenters. The number of phenolic OH excluding ortho intramolecular Hbond substituents is 1. The van der Waals surface area contributed by atoms with Gasteiger partial charge in [0, 0.05) is 21.1 Å². The monoisotopic (exact) mass is 275 g/mol. The Hall–Kier alpha value is -0.250. The molecule has 0 amide bonds. The van der Waals surface area contributed by atoms with E-state index in [1.165, 1.54) is 0 Å². The van der Waals surface area contributed by atoms with Crippen molar-refractivity contribution in [2.75, 3.05) is 6.54 Å². The predicted molar refractivity (Wildman–Crippen MR) is 60.8 cm³/mol. The van der Waals surface area contributed by atoms with Crippen LogP contribution in [0.15, 0.2) is 16.6 Å². The molecule has 0 aliphatic carbocycles.